The molecule has 12 heteroatoms. The summed E-state index contributed by atoms with van der Waals surface area (Å²) >= 11 is 24.2. The Kier molecular flexibility index (Phi) is 10.4. The maximum absolute atomic E-state index is 13.1. The fraction of sp³-hybridized carbons (Fsp3) is 0.478. The molecule has 0 amide bonds. The van der Waals surface area contributed by atoms with Crippen LogP contribution in [0.2, 0.25) is 0 Å². The van der Waals surface area contributed by atoms with Crippen molar-refractivity contribution in [3.8, 4) is 12.1 Å². The largest absolute Gasteiger partial charge is 0.429 e. The summed E-state index contributed by atoms with van der Waals surface area (Å²) in [4.78, 5) is 36.7. The van der Waals surface area contributed by atoms with Crippen LogP contribution >= 0.6 is 46.4 Å². The van der Waals surface area contributed by atoms with Gasteiger partial charge >= 0.3 is 5.97 Å². The Morgan fingerprint density at radius 1 is 1.31 bits per heavy atom. The molecule has 1 aliphatic carbocycles. The Balaban J connectivity index is 2.69. The van der Waals surface area contributed by atoms with Gasteiger partial charge in [-0.1, -0.05) is 41.7 Å². The molecule has 2 rings (SSSR count). The van der Waals surface area contributed by atoms with Gasteiger partial charge in [-0.2, -0.15) is 10.5 Å². The van der Waals surface area contributed by atoms with Gasteiger partial charge in [0.15, 0.2) is 5.78 Å². The number of nitrogens with zero attached hydrogens (tertiary/aromatic N) is 3. The van der Waals surface area contributed by atoms with E-state index in [-0.39, 0.29) is 46.9 Å². The van der Waals surface area contributed by atoms with Crippen molar-refractivity contribution in [3.63, 3.8) is 0 Å². The number of carbonyl (C=O) groups excluding carboxylic acids is 2. The molecule has 8 nitrogen and oxygen atoms in total. The van der Waals surface area contributed by atoms with E-state index in [0.717, 1.165) is 12.1 Å². The Labute approximate surface area is 222 Å². The minimum atomic E-state index is -2.14. The summed E-state index contributed by atoms with van der Waals surface area (Å²) in [7, 11) is 0. The van der Waals surface area contributed by atoms with E-state index in [0.29, 0.717) is 19.3 Å². The topological polar surface area (TPSA) is 134 Å². The van der Waals surface area contributed by atoms with Gasteiger partial charge in [0, 0.05) is 41.8 Å². The maximum atomic E-state index is 13.1. The normalized spacial score (nSPS) is 17.8. The van der Waals surface area contributed by atoms with Crippen LogP contribution in [0.4, 0.5) is 5.69 Å². The predicted molar refractivity (Wildman–Crippen MR) is 132 cm³/mol. The zero-order chi connectivity index (χ0) is 26.3. The van der Waals surface area contributed by atoms with Crippen molar-refractivity contribution in [3.05, 3.63) is 45.2 Å². The molecule has 0 N–H and O–H groups in total. The molecule has 3 atom stereocenters. The van der Waals surface area contributed by atoms with E-state index in [9.17, 15) is 30.2 Å². The fourth-order valence-corrected chi connectivity index (χ4v) is 4.53. The smallest absolute Gasteiger partial charge is 0.328 e. The molecular formula is C23H21Cl4N3O5. The van der Waals surface area contributed by atoms with Crippen molar-refractivity contribution < 1.29 is 19.2 Å². The number of rotatable bonds is 9. The molecule has 0 spiro atoms. The Bertz CT molecular complexity index is 1120. The molecule has 0 bridgehead atoms. The first-order valence-electron chi connectivity index (χ1n) is 10.7. The minimum Gasteiger partial charge on any atom is -0.429 e. The highest BCUT2D eigenvalue weighted by molar-refractivity contribution is 6.67. The molecule has 0 aliphatic heterocycles. The first-order chi connectivity index (χ1) is 16.5. The third kappa shape index (κ3) is 7.08. The summed E-state index contributed by atoms with van der Waals surface area (Å²) in [5.74, 6) is -3.40. The summed E-state index contributed by atoms with van der Waals surface area (Å²) in [6.07, 6.45) is 1.18. The second-order valence-corrected chi connectivity index (χ2v) is 10.6. The van der Waals surface area contributed by atoms with Gasteiger partial charge in [-0.25, -0.2) is 0 Å². The van der Waals surface area contributed by atoms with Gasteiger partial charge in [0.1, 0.15) is 11.7 Å². The molecule has 35 heavy (non-hydrogen) atoms. The predicted octanol–water partition coefficient (Wildman–Crippen LogP) is 6.36. The quantitative estimate of drug-likeness (QED) is 0.148. The third-order valence-electron chi connectivity index (χ3n) is 5.71. The van der Waals surface area contributed by atoms with Gasteiger partial charge in [-0.3, -0.25) is 19.7 Å². The number of allylic oxidation sites excluding steroid dienone is 2. The monoisotopic (exact) mass is 559 g/mol. The fourth-order valence-electron chi connectivity index (χ4n) is 3.80. The summed E-state index contributed by atoms with van der Waals surface area (Å²) < 4.78 is 3.51. The summed E-state index contributed by atoms with van der Waals surface area (Å²) in [6, 6.07) is 7.37. The van der Waals surface area contributed by atoms with Crippen LogP contribution in [0.5, 0.6) is 0 Å². The van der Waals surface area contributed by atoms with Gasteiger partial charge in [-0.15, -0.1) is 11.6 Å². The third-order valence-corrected chi connectivity index (χ3v) is 6.54. The number of nitro benzene ring substituents is 1. The molecule has 3 unspecified atom stereocenters. The number of benzene rings is 1. The van der Waals surface area contributed by atoms with Crippen molar-refractivity contribution >= 4 is 69.4 Å². The number of halogens is 4. The van der Waals surface area contributed by atoms with Crippen LogP contribution in [-0.2, 0) is 18.1 Å². The lowest BCUT2D eigenvalue weighted by atomic mass is 9.81. The zero-order valence-corrected chi connectivity index (χ0v) is 21.6. The van der Waals surface area contributed by atoms with E-state index >= 15 is 0 Å². The van der Waals surface area contributed by atoms with Gasteiger partial charge in [0.05, 0.1) is 22.6 Å². The molecule has 1 aromatic rings. The number of hydrogen-bond donors (Lipinski definition) is 0. The molecule has 0 saturated carbocycles. The first kappa shape index (κ1) is 28.9. The standard InChI is InChI=1S/C23H21Cl4N3O5/c1-2-13(11-28)9-15(12-29)22(32)35-21-14(7-8-24)3-6-19(31)20(21)17-5-4-16(30(33)34)10-18(17)23(25,26)27/h4-5,10,13-15H,2-3,6-9H2,1H3. The highest BCUT2D eigenvalue weighted by Gasteiger charge is 2.38. The summed E-state index contributed by atoms with van der Waals surface area (Å²) in [5.41, 5.74) is -0.478. The van der Waals surface area contributed by atoms with Gasteiger partial charge in [0.25, 0.3) is 5.69 Å². The maximum Gasteiger partial charge on any atom is 0.328 e. The van der Waals surface area contributed by atoms with Crippen LogP contribution in [0.3, 0.4) is 0 Å². The number of alkyl halides is 4. The van der Waals surface area contributed by atoms with E-state index in [2.05, 4.69) is 0 Å². The molecule has 0 aromatic heterocycles. The Hall–Kier alpha value is -2.36. The number of Topliss-reactive ketones (excluding diaryl/α,β-unsaturated/α-hetero) is 1. The lowest BCUT2D eigenvalue weighted by molar-refractivity contribution is -0.384. The van der Waals surface area contributed by atoms with E-state index in [1.54, 1.807) is 6.92 Å². The van der Waals surface area contributed by atoms with Crippen LogP contribution < -0.4 is 0 Å². The first-order valence-corrected chi connectivity index (χ1v) is 12.3. The number of carbonyl (C=O) groups is 2. The number of ether oxygens (including phenoxy) is 1. The summed E-state index contributed by atoms with van der Waals surface area (Å²) in [6.45, 7) is 1.76. The van der Waals surface area contributed by atoms with Gasteiger partial charge < -0.3 is 4.74 Å². The lowest BCUT2D eigenvalue weighted by Crippen LogP contribution is -2.27. The number of nitro groups is 1. The molecular weight excluding hydrogens is 540 g/mol. The Morgan fingerprint density at radius 3 is 2.51 bits per heavy atom. The van der Waals surface area contributed by atoms with Crippen molar-refractivity contribution in [1.29, 1.82) is 10.5 Å². The van der Waals surface area contributed by atoms with Crippen molar-refractivity contribution in [1.82, 2.24) is 0 Å². The molecule has 0 saturated heterocycles. The van der Waals surface area contributed by atoms with Crippen LogP contribution in [0, 0.1) is 50.5 Å². The van der Waals surface area contributed by atoms with Crippen LogP contribution in [0.15, 0.2) is 24.0 Å². The van der Waals surface area contributed by atoms with E-state index in [1.807, 2.05) is 12.1 Å². The molecule has 186 valence electrons. The number of nitriles is 2. The molecule has 1 aliphatic rings. The molecule has 1 aromatic carbocycles. The van der Waals surface area contributed by atoms with Crippen LogP contribution in [0.25, 0.3) is 5.57 Å². The average molecular weight is 561 g/mol. The van der Waals surface area contributed by atoms with Gasteiger partial charge in [-0.05, 0) is 37.3 Å². The average Bonchev–Trinajstić information content (AvgIpc) is 2.81. The molecule has 0 radical (unpaired) electrons. The Morgan fingerprint density at radius 2 is 2.00 bits per heavy atom. The van der Waals surface area contributed by atoms with Crippen molar-refractivity contribution in [2.45, 2.75) is 42.8 Å². The van der Waals surface area contributed by atoms with Gasteiger partial charge in [0.2, 0.25) is 3.79 Å². The number of esters is 1. The SMILES string of the molecule is CCC(C#N)CC(C#N)C(=O)OC1=C(c2ccc([N+](=O)[O-])cc2C(Cl)(Cl)Cl)C(=O)CCC1CCCl. The van der Waals surface area contributed by atoms with E-state index in [1.165, 1.54) is 6.07 Å². The van der Waals surface area contributed by atoms with Crippen LogP contribution in [-0.4, -0.2) is 22.6 Å². The second kappa shape index (κ2) is 12.6. The van der Waals surface area contributed by atoms with E-state index < -0.39 is 38.2 Å². The number of hydrogen-bond acceptors (Lipinski definition) is 7. The minimum absolute atomic E-state index is 0.0264. The van der Waals surface area contributed by atoms with E-state index in [4.69, 9.17) is 51.1 Å². The summed E-state index contributed by atoms with van der Waals surface area (Å²) in [5, 5.41) is 30.0. The lowest BCUT2D eigenvalue weighted by Gasteiger charge is -2.29. The molecule has 0 heterocycles. The second-order valence-electron chi connectivity index (χ2n) is 7.93. The van der Waals surface area contributed by atoms with Crippen molar-refractivity contribution in [2.24, 2.45) is 17.8 Å². The zero-order valence-electron chi connectivity index (χ0n) is 18.6. The molecule has 0 fully saturated rings. The highest BCUT2D eigenvalue weighted by Crippen LogP contribution is 2.46. The highest BCUT2D eigenvalue weighted by atomic mass is 35.6. The number of ketones is 1. The van der Waals surface area contributed by atoms with Crippen molar-refractivity contribution in [2.75, 3.05) is 5.88 Å². The van der Waals surface area contributed by atoms with Crippen LogP contribution in [0.1, 0.15) is 50.2 Å². The number of non-ortho nitro benzene ring substituents is 1.